The molecule has 0 saturated heterocycles. The van der Waals surface area contributed by atoms with Crippen LogP contribution in [0, 0.1) is 23.7 Å². The summed E-state index contributed by atoms with van der Waals surface area (Å²) in [4.78, 5) is 73.0. The van der Waals surface area contributed by atoms with E-state index in [0.717, 1.165) is 120 Å². The van der Waals surface area contributed by atoms with Crippen molar-refractivity contribution in [1.82, 2.24) is 0 Å². The number of phosphoric acid groups is 2. The molecule has 3 N–H and O–H groups in total. The Labute approximate surface area is 613 Å². The van der Waals surface area contributed by atoms with Crippen LogP contribution in [0.25, 0.3) is 0 Å². The van der Waals surface area contributed by atoms with Crippen molar-refractivity contribution >= 4 is 39.5 Å². The van der Waals surface area contributed by atoms with Gasteiger partial charge in [0.05, 0.1) is 26.4 Å². The van der Waals surface area contributed by atoms with Crippen LogP contribution in [0.3, 0.4) is 0 Å². The van der Waals surface area contributed by atoms with Gasteiger partial charge in [-0.2, -0.15) is 0 Å². The third-order valence-corrected chi connectivity index (χ3v) is 21.4. The number of carbonyl (C=O) groups is 4. The summed E-state index contributed by atoms with van der Waals surface area (Å²) in [7, 11) is -9.92. The predicted octanol–water partition coefficient (Wildman–Crippen LogP) is 24.0. The van der Waals surface area contributed by atoms with Crippen LogP contribution in [0.15, 0.2) is 0 Å². The number of unbranched alkanes of at least 4 members (excludes halogenated alkanes) is 42. The number of aliphatic hydroxyl groups is 1. The van der Waals surface area contributed by atoms with Crippen LogP contribution in [0.4, 0.5) is 0 Å². The molecule has 0 bridgehead atoms. The molecule has 0 fully saturated rings. The molecule has 0 aliphatic heterocycles. The summed E-state index contributed by atoms with van der Waals surface area (Å²) < 4.78 is 68.7. The summed E-state index contributed by atoms with van der Waals surface area (Å²) in [6, 6.07) is 0. The third-order valence-electron chi connectivity index (χ3n) is 19.5. The molecule has 0 aromatic carbocycles. The highest BCUT2D eigenvalue weighted by molar-refractivity contribution is 7.47. The molecule has 594 valence electrons. The molecular weight excluding hydrogens is 1310 g/mol. The molecule has 0 heterocycles. The monoisotopic (exact) mass is 1470 g/mol. The first kappa shape index (κ1) is 98.1. The smallest absolute Gasteiger partial charge is 0.462 e. The van der Waals surface area contributed by atoms with Crippen molar-refractivity contribution in [3.8, 4) is 0 Å². The largest absolute Gasteiger partial charge is 0.472 e. The highest BCUT2D eigenvalue weighted by atomic mass is 31.2. The Morgan fingerprint density at radius 3 is 0.710 bits per heavy atom. The van der Waals surface area contributed by atoms with Crippen molar-refractivity contribution < 1.29 is 80.2 Å². The zero-order chi connectivity index (χ0) is 73.8. The lowest BCUT2D eigenvalue weighted by atomic mass is 9.99. The maximum atomic E-state index is 13.1. The number of hydrogen-bond acceptors (Lipinski definition) is 15. The number of carbonyl (C=O) groups excluding carboxylic acids is 4. The average molecular weight is 1470 g/mol. The molecule has 0 spiro atoms. The van der Waals surface area contributed by atoms with Crippen molar-refractivity contribution in [2.24, 2.45) is 23.7 Å². The van der Waals surface area contributed by atoms with Crippen molar-refractivity contribution in [2.75, 3.05) is 39.6 Å². The van der Waals surface area contributed by atoms with Gasteiger partial charge in [0.15, 0.2) is 12.2 Å². The SMILES string of the molecule is CCC(C)CCCCCCCCCCC(=O)O[C@H](COC(=O)CCCCCCCCC(C)CC)COP(=O)(O)OC[C@H](O)COP(=O)(O)OC[C@@H](COC(=O)CCCCCCCCCCCCCCCCCCC(C)C)OC(=O)CCCCCCCCCCCCCCCCCCC(C)C. The Balaban J connectivity index is 5.23. The molecule has 0 rings (SSSR count). The molecule has 0 aliphatic rings. The van der Waals surface area contributed by atoms with Crippen LogP contribution in [-0.2, 0) is 65.4 Å². The summed E-state index contributed by atoms with van der Waals surface area (Å²) in [6.07, 6.45) is 57.0. The van der Waals surface area contributed by atoms with E-state index >= 15 is 0 Å². The number of esters is 4. The number of ether oxygens (including phenoxy) is 4. The zero-order valence-corrected chi connectivity index (χ0v) is 67.6. The molecule has 100 heavy (non-hydrogen) atoms. The van der Waals surface area contributed by atoms with Crippen molar-refractivity contribution in [2.45, 2.75) is 433 Å². The van der Waals surface area contributed by atoms with Gasteiger partial charge in [0, 0.05) is 25.7 Å². The molecule has 0 aliphatic carbocycles. The number of aliphatic hydroxyl groups excluding tert-OH is 1. The standard InChI is InChI=1S/C81H158O17P2/c1-9-73(7)59-51-43-35-31-32-38-48-56-64-81(86)98-77(68-92-79(84)62-54-46-40-39-44-52-60-74(8)10-2)70-96-100(89,90)94-66-75(82)65-93-99(87,88)95-69-76(97-80(85)63-55-47-37-30-26-22-18-14-12-16-20-24-28-34-42-50-58-72(5)6)67-91-78(83)61-53-45-36-29-25-21-17-13-11-15-19-23-27-33-41-49-57-71(3)4/h71-77,82H,9-70H2,1-8H3,(H,87,88)(H,89,90)/t73?,74?,75-,76-,77-/m1/s1. The fraction of sp³-hybridized carbons (Fsp3) is 0.951. The fourth-order valence-electron chi connectivity index (χ4n) is 12.4. The van der Waals surface area contributed by atoms with E-state index in [0.29, 0.717) is 25.7 Å². The normalized spacial score (nSPS) is 14.6. The predicted molar refractivity (Wildman–Crippen MR) is 409 cm³/mol. The van der Waals surface area contributed by atoms with E-state index in [1.54, 1.807) is 0 Å². The van der Waals surface area contributed by atoms with Gasteiger partial charge in [-0.05, 0) is 49.4 Å². The number of phosphoric ester groups is 2. The van der Waals surface area contributed by atoms with Crippen LogP contribution in [0.2, 0.25) is 0 Å². The molecule has 0 aromatic rings. The minimum atomic E-state index is -4.96. The molecule has 0 aromatic heterocycles. The van der Waals surface area contributed by atoms with Crippen LogP contribution in [0.5, 0.6) is 0 Å². The molecule has 17 nitrogen and oxygen atoms in total. The van der Waals surface area contributed by atoms with Gasteiger partial charge < -0.3 is 33.8 Å². The topological polar surface area (TPSA) is 237 Å². The van der Waals surface area contributed by atoms with E-state index in [1.807, 2.05) is 0 Å². The van der Waals surface area contributed by atoms with Gasteiger partial charge in [-0.15, -0.1) is 0 Å². The van der Waals surface area contributed by atoms with Gasteiger partial charge in [0.1, 0.15) is 19.3 Å². The van der Waals surface area contributed by atoms with Gasteiger partial charge in [-0.25, -0.2) is 9.13 Å². The van der Waals surface area contributed by atoms with E-state index in [1.165, 1.54) is 212 Å². The Morgan fingerprint density at radius 1 is 0.280 bits per heavy atom. The van der Waals surface area contributed by atoms with Gasteiger partial charge >= 0.3 is 39.5 Å². The minimum absolute atomic E-state index is 0.104. The third kappa shape index (κ3) is 71.7. The number of rotatable bonds is 78. The molecule has 0 saturated carbocycles. The molecule has 7 atom stereocenters. The lowest BCUT2D eigenvalue weighted by Crippen LogP contribution is -2.30. The molecule has 19 heteroatoms. The first-order valence-corrected chi connectivity index (χ1v) is 44.8. The summed E-state index contributed by atoms with van der Waals surface area (Å²) in [5, 5.41) is 10.6. The van der Waals surface area contributed by atoms with E-state index in [4.69, 9.17) is 37.0 Å². The summed E-state index contributed by atoms with van der Waals surface area (Å²) in [6.45, 7) is 14.3. The van der Waals surface area contributed by atoms with Crippen molar-refractivity contribution in [3.05, 3.63) is 0 Å². The highest BCUT2D eigenvalue weighted by Crippen LogP contribution is 2.45. The Morgan fingerprint density at radius 2 is 0.480 bits per heavy atom. The molecule has 0 amide bonds. The van der Waals surface area contributed by atoms with Crippen LogP contribution < -0.4 is 0 Å². The number of hydrogen-bond donors (Lipinski definition) is 3. The van der Waals surface area contributed by atoms with Gasteiger partial charge in [0.25, 0.3) is 0 Å². The second-order valence-electron chi connectivity index (χ2n) is 30.6. The Hall–Kier alpha value is -1.94. The fourth-order valence-corrected chi connectivity index (χ4v) is 13.9. The van der Waals surface area contributed by atoms with E-state index in [2.05, 4.69) is 55.4 Å². The minimum Gasteiger partial charge on any atom is -0.462 e. The quantitative estimate of drug-likeness (QED) is 0.0222. The van der Waals surface area contributed by atoms with E-state index in [9.17, 15) is 43.2 Å². The van der Waals surface area contributed by atoms with Crippen molar-refractivity contribution in [1.29, 1.82) is 0 Å². The van der Waals surface area contributed by atoms with Crippen LogP contribution >= 0.6 is 15.6 Å². The lowest BCUT2D eigenvalue weighted by Gasteiger charge is -2.21. The van der Waals surface area contributed by atoms with E-state index in [-0.39, 0.29) is 25.7 Å². The maximum absolute atomic E-state index is 13.1. The summed E-state index contributed by atoms with van der Waals surface area (Å²) >= 11 is 0. The van der Waals surface area contributed by atoms with Crippen molar-refractivity contribution in [3.63, 3.8) is 0 Å². The maximum Gasteiger partial charge on any atom is 0.472 e. The second-order valence-corrected chi connectivity index (χ2v) is 33.5. The van der Waals surface area contributed by atoms with Gasteiger partial charge in [-0.1, -0.05) is 364 Å². The molecule has 0 radical (unpaired) electrons. The molecular formula is C81H158O17P2. The lowest BCUT2D eigenvalue weighted by molar-refractivity contribution is -0.161. The first-order chi connectivity index (χ1) is 48.2. The second kappa shape index (κ2) is 70.1. The molecule has 4 unspecified atom stereocenters. The summed E-state index contributed by atoms with van der Waals surface area (Å²) in [5.74, 6) is 1.01. The van der Waals surface area contributed by atoms with E-state index < -0.39 is 97.5 Å². The van der Waals surface area contributed by atoms with Gasteiger partial charge in [0.2, 0.25) is 0 Å². The van der Waals surface area contributed by atoms with Crippen LogP contribution in [-0.4, -0.2) is 96.7 Å². The van der Waals surface area contributed by atoms with Crippen LogP contribution in [0.1, 0.15) is 415 Å². The zero-order valence-electron chi connectivity index (χ0n) is 65.8. The Kier molecular flexibility index (Phi) is 68.7. The average Bonchev–Trinajstić information content (AvgIpc) is 0.927. The summed E-state index contributed by atoms with van der Waals surface area (Å²) in [5.41, 5.74) is 0. The van der Waals surface area contributed by atoms with Gasteiger partial charge in [-0.3, -0.25) is 37.3 Å². The highest BCUT2D eigenvalue weighted by Gasteiger charge is 2.30. The first-order valence-electron chi connectivity index (χ1n) is 41.8. The Bertz CT molecular complexity index is 1960.